The summed E-state index contributed by atoms with van der Waals surface area (Å²) in [7, 11) is 0. The molecule has 2 aromatic rings. The minimum atomic E-state index is 0.0515. The van der Waals surface area contributed by atoms with E-state index in [1.54, 1.807) is 11.3 Å². The monoisotopic (exact) mass is 357 g/mol. The van der Waals surface area contributed by atoms with Crippen LogP contribution in [0.1, 0.15) is 41.9 Å². The SMILES string of the molecule is Cc1ccc(N2CCC(C(=O)Nc3nc4c(s3)CCCC4)CC2)nn1. The number of aryl methyl sites for hydroxylation is 3. The number of hydrogen-bond acceptors (Lipinski definition) is 6. The van der Waals surface area contributed by atoms with Gasteiger partial charge < -0.3 is 10.2 Å². The van der Waals surface area contributed by atoms with Crippen molar-refractivity contribution in [3.63, 3.8) is 0 Å². The minimum absolute atomic E-state index is 0.0515. The van der Waals surface area contributed by atoms with Gasteiger partial charge in [0.2, 0.25) is 5.91 Å². The van der Waals surface area contributed by atoms with E-state index in [1.165, 1.54) is 23.4 Å². The van der Waals surface area contributed by atoms with E-state index in [1.807, 2.05) is 19.1 Å². The van der Waals surface area contributed by atoms with Gasteiger partial charge in [-0.25, -0.2) is 4.98 Å². The molecular formula is C18H23N5OS. The number of aromatic nitrogens is 3. The van der Waals surface area contributed by atoms with Gasteiger partial charge >= 0.3 is 0 Å². The Morgan fingerprint density at radius 1 is 1.20 bits per heavy atom. The molecule has 1 saturated heterocycles. The smallest absolute Gasteiger partial charge is 0.229 e. The average Bonchev–Trinajstić information content (AvgIpc) is 3.05. The molecule has 132 valence electrons. The quantitative estimate of drug-likeness (QED) is 0.914. The second-order valence-corrected chi connectivity index (χ2v) is 7.96. The third-order valence-corrected chi connectivity index (χ3v) is 6.12. The van der Waals surface area contributed by atoms with Crippen LogP contribution < -0.4 is 10.2 Å². The molecule has 1 fully saturated rings. The highest BCUT2D eigenvalue weighted by atomic mass is 32.1. The third-order valence-electron chi connectivity index (χ3n) is 5.05. The van der Waals surface area contributed by atoms with E-state index in [2.05, 4.69) is 25.4 Å². The predicted octanol–water partition coefficient (Wildman–Crippen LogP) is 2.98. The highest BCUT2D eigenvalue weighted by Gasteiger charge is 2.27. The summed E-state index contributed by atoms with van der Waals surface area (Å²) in [5.74, 6) is 1.06. The minimum Gasteiger partial charge on any atom is -0.355 e. The van der Waals surface area contributed by atoms with Crippen molar-refractivity contribution in [1.29, 1.82) is 0 Å². The first-order valence-corrected chi connectivity index (χ1v) is 9.85. The van der Waals surface area contributed by atoms with Crippen molar-refractivity contribution in [2.24, 2.45) is 5.92 Å². The van der Waals surface area contributed by atoms with Crippen LogP contribution in [-0.4, -0.2) is 34.2 Å². The fourth-order valence-electron chi connectivity index (χ4n) is 3.54. The number of thiazole rings is 1. The van der Waals surface area contributed by atoms with Crippen LogP contribution in [0.3, 0.4) is 0 Å². The van der Waals surface area contributed by atoms with Crippen LogP contribution in [0.4, 0.5) is 10.9 Å². The van der Waals surface area contributed by atoms with Crippen molar-refractivity contribution >= 4 is 28.2 Å². The van der Waals surface area contributed by atoms with E-state index in [0.29, 0.717) is 0 Å². The van der Waals surface area contributed by atoms with E-state index in [-0.39, 0.29) is 11.8 Å². The molecule has 1 amide bonds. The second kappa shape index (κ2) is 7.07. The van der Waals surface area contributed by atoms with Gasteiger partial charge in [0.05, 0.1) is 11.4 Å². The van der Waals surface area contributed by atoms with E-state index in [4.69, 9.17) is 0 Å². The molecule has 2 aromatic heterocycles. The van der Waals surface area contributed by atoms with Gasteiger partial charge in [0.25, 0.3) is 0 Å². The first kappa shape index (κ1) is 16.4. The molecule has 25 heavy (non-hydrogen) atoms. The lowest BCUT2D eigenvalue weighted by molar-refractivity contribution is -0.120. The van der Waals surface area contributed by atoms with Crippen LogP contribution in [0.25, 0.3) is 0 Å². The molecule has 6 nitrogen and oxygen atoms in total. The number of nitrogens with one attached hydrogen (secondary N) is 1. The number of carbonyl (C=O) groups is 1. The molecule has 0 unspecified atom stereocenters. The molecule has 3 heterocycles. The van der Waals surface area contributed by atoms with E-state index in [0.717, 1.165) is 55.4 Å². The summed E-state index contributed by atoms with van der Waals surface area (Å²) in [5, 5.41) is 12.2. The number of hydrogen-bond donors (Lipinski definition) is 1. The maximum Gasteiger partial charge on any atom is 0.229 e. The van der Waals surface area contributed by atoms with Crippen LogP contribution in [0, 0.1) is 12.8 Å². The van der Waals surface area contributed by atoms with Crippen molar-refractivity contribution in [1.82, 2.24) is 15.2 Å². The molecule has 0 atom stereocenters. The van der Waals surface area contributed by atoms with Crippen LogP contribution in [0.2, 0.25) is 0 Å². The molecule has 1 aliphatic heterocycles. The highest BCUT2D eigenvalue weighted by Crippen LogP contribution is 2.30. The molecule has 1 aliphatic carbocycles. The van der Waals surface area contributed by atoms with Crippen molar-refractivity contribution in [3.05, 3.63) is 28.4 Å². The zero-order valence-corrected chi connectivity index (χ0v) is 15.3. The van der Waals surface area contributed by atoms with Gasteiger partial charge in [0.15, 0.2) is 10.9 Å². The Kier molecular flexibility index (Phi) is 4.65. The number of piperidine rings is 1. The normalized spacial score (nSPS) is 18.0. The van der Waals surface area contributed by atoms with Gasteiger partial charge in [0.1, 0.15) is 0 Å². The zero-order chi connectivity index (χ0) is 17.2. The largest absolute Gasteiger partial charge is 0.355 e. The fourth-order valence-corrected chi connectivity index (χ4v) is 4.60. The average molecular weight is 357 g/mol. The molecule has 0 aromatic carbocycles. The summed E-state index contributed by atoms with van der Waals surface area (Å²) >= 11 is 1.65. The lowest BCUT2D eigenvalue weighted by Crippen LogP contribution is -2.38. The van der Waals surface area contributed by atoms with Crippen LogP contribution in [-0.2, 0) is 17.6 Å². The number of fused-ring (bicyclic) bond motifs is 1. The van der Waals surface area contributed by atoms with E-state index in [9.17, 15) is 4.79 Å². The van der Waals surface area contributed by atoms with Gasteiger partial charge in [-0.05, 0) is 57.6 Å². The first-order chi connectivity index (χ1) is 12.2. The summed E-state index contributed by atoms with van der Waals surface area (Å²) < 4.78 is 0. The Hall–Kier alpha value is -2.02. The third kappa shape index (κ3) is 3.66. The maximum atomic E-state index is 12.6. The van der Waals surface area contributed by atoms with E-state index >= 15 is 0 Å². The Morgan fingerprint density at radius 2 is 2.00 bits per heavy atom. The number of anilines is 2. The Morgan fingerprint density at radius 3 is 2.72 bits per heavy atom. The van der Waals surface area contributed by atoms with Crippen molar-refractivity contribution in [3.8, 4) is 0 Å². The number of amides is 1. The molecule has 1 N–H and O–H groups in total. The molecule has 4 rings (SSSR count). The number of rotatable bonds is 3. The lowest BCUT2D eigenvalue weighted by atomic mass is 9.96. The fraction of sp³-hybridized carbons (Fsp3) is 0.556. The summed E-state index contributed by atoms with van der Waals surface area (Å²) in [6, 6.07) is 3.98. The van der Waals surface area contributed by atoms with Crippen molar-refractivity contribution < 1.29 is 4.79 Å². The molecule has 0 spiro atoms. The van der Waals surface area contributed by atoms with Gasteiger partial charge in [-0.1, -0.05) is 0 Å². The number of carbonyl (C=O) groups excluding carboxylic acids is 1. The predicted molar refractivity (Wildman–Crippen MR) is 99.1 cm³/mol. The standard InChI is InChI=1S/C18H23N5OS/c1-12-6-7-16(22-21-12)23-10-8-13(9-11-23)17(24)20-18-19-14-4-2-3-5-15(14)25-18/h6-7,13H,2-5,8-11H2,1H3,(H,19,20,24). The van der Waals surface area contributed by atoms with Crippen molar-refractivity contribution in [2.75, 3.05) is 23.3 Å². The van der Waals surface area contributed by atoms with Crippen molar-refractivity contribution in [2.45, 2.75) is 45.4 Å². The Bertz CT molecular complexity index is 726. The molecule has 0 bridgehead atoms. The van der Waals surface area contributed by atoms with Crippen LogP contribution in [0.5, 0.6) is 0 Å². The van der Waals surface area contributed by atoms with Gasteiger partial charge in [-0.3, -0.25) is 4.79 Å². The number of nitrogens with zero attached hydrogens (tertiary/aromatic N) is 4. The molecule has 7 heteroatoms. The lowest BCUT2D eigenvalue weighted by Gasteiger charge is -2.31. The molecule has 0 saturated carbocycles. The zero-order valence-electron chi connectivity index (χ0n) is 14.5. The second-order valence-electron chi connectivity index (χ2n) is 6.88. The molecular weight excluding hydrogens is 334 g/mol. The Labute approximate surface area is 151 Å². The van der Waals surface area contributed by atoms with E-state index < -0.39 is 0 Å². The highest BCUT2D eigenvalue weighted by molar-refractivity contribution is 7.15. The molecule has 2 aliphatic rings. The van der Waals surface area contributed by atoms with Gasteiger partial charge in [-0.2, -0.15) is 5.10 Å². The van der Waals surface area contributed by atoms with Gasteiger partial charge in [0, 0.05) is 23.9 Å². The summed E-state index contributed by atoms with van der Waals surface area (Å²) in [6.45, 7) is 3.61. The summed E-state index contributed by atoms with van der Waals surface area (Å²) in [5.41, 5.74) is 2.11. The maximum absolute atomic E-state index is 12.6. The first-order valence-electron chi connectivity index (χ1n) is 9.04. The van der Waals surface area contributed by atoms with Gasteiger partial charge in [-0.15, -0.1) is 16.4 Å². The Balaban J connectivity index is 1.33. The molecule has 0 radical (unpaired) electrons. The summed E-state index contributed by atoms with van der Waals surface area (Å²) in [4.78, 5) is 20.8. The van der Waals surface area contributed by atoms with Crippen LogP contribution >= 0.6 is 11.3 Å². The summed E-state index contributed by atoms with van der Waals surface area (Å²) in [6.07, 6.45) is 6.29. The van der Waals surface area contributed by atoms with Crippen LogP contribution in [0.15, 0.2) is 12.1 Å². The topological polar surface area (TPSA) is 71.0 Å².